The van der Waals surface area contributed by atoms with E-state index in [0.29, 0.717) is 0 Å². The Morgan fingerprint density at radius 3 is 2.77 bits per heavy atom. The lowest BCUT2D eigenvalue weighted by Crippen LogP contribution is -2.30. The fraction of sp³-hybridized carbons (Fsp3) is 0.278. The van der Waals surface area contributed by atoms with Crippen molar-refractivity contribution in [3.05, 3.63) is 49.1 Å². The Labute approximate surface area is 129 Å². The van der Waals surface area contributed by atoms with Crippen LogP contribution in [0.1, 0.15) is 19.3 Å². The van der Waals surface area contributed by atoms with Gasteiger partial charge in [0.15, 0.2) is 0 Å². The summed E-state index contributed by atoms with van der Waals surface area (Å²) in [7, 11) is 0. The number of piperidine rings is 1. The third kappa shape index (κ3) is 2.41. The molecule has 0 atom stereocenters. The molecule has 1 saturated heterocycles. The van der Waals surface area contributed by atoms with Crippen molar-refractivity contribution in [3.8, 4) is 11.1 Å². The van der Waals surface area contributed by atoms with Crippen LogP contribution >= 0.6 is 0 Å². The molecule has 1 aliphatic heterocycles. The van der Waals surface area contributed by atoms with Crippen molar-refractivity contribution in [2.24, 2.45) is 0 Å². The second-order valence-electron chi connectivity index (χ2n) is 5.72. The van der Waals surface area contributed by atoms with Gasteiger partial charge in [0.05, 0.1) is 5.52 Å². The molecule has 4 rings (SSSR count). The molecule has 0 spiro atoms. The van der Waals surface area contributed by atoms with Gasteiger partial charge in [-0.3, -0.25) is 0 Å². The summed E-state index contributed by atoms with van der Waals surface area (Å²) in [6.07, 6.45) is 9.17. The summed E-state index contributed by atoms with van der Waals surface area (Å²) in [6, 6.07) is 10.5. The number of hydrogen-bond donors (Lipinski definition) is 0. The Hall–Kier alpha value is -2.49. The first-order valence-electron chi connectivity index (χ1n) is 7.82. The van der Waals surface area contributed by atoms with Crippen molar-refractivity contribution < 1.29 is 0 Å². The molecule has 0 unspecified atom stereocenters. The van der Waals surface area contributed by atoms with Crippen LogP contribution in [0.25, 0.3) is 22.0 Å². The van der Waals surface area contributed by atoms with E-state index in [4.69, 9.17) is 0 Å². The van der Waals surface area contributed by atoms with Gasteiger partial charge >= 0.3 is 0 Å². The largest absolute Gasteiger partial charge is 0.356 e. The maximum atomic E-state index is 4.65. The van der Waals surface area contributed by atoms with Gasteiger partial charge in [0, 0.05) is 36.4 Å². The fourth-order valence-electron chi connectivity index (χ4n) is 3.13. The predicted molar refractivity (Wildman–Crippen MR) is 88.8 cm³/mol. The van der Waals surface area contributed by atoms with Crippen molar-refractivity contribution in [1.82, 2.24) is 15.0 Å². The van der Waals surface area contributed by atoms with E-state index < -0.39 is 0 Å². The van der Waals surface area contributed by atoms with Crippen molar-refractivity contribution >= 4 is 16.7 Å². The van der Waals surface area contributed by atoms with Crippen molar-refractivity contribution in [3.63, 3.8) is 0 Å². The highest BCUT2D eigenvalue weighted by Crippen LogP contribution is 2.31. The molecule has 0 bridgehead atoms. The SMILES string of the molecule is c1cnc(N2CCCCC2)c(-c2ccc3ncncc3c2)c1. The normalized spacial score (nSPS) is 15.2. The molecule has 3 heterocycles. The van der Waals surface area contributed by atoms with E-state index >= 15 is 0 Å². The van der Waals surface area contributed by atoms with Crippen LogP contribution in [0.3, 0.4) is 0 Å². The quantitative estimate of drug-likeness (QED) is 0.722. The molecule has 1 aliphatic rings. The third-order valence-electron chi connectivity index (χ3n) is 4.26. The van der Waals surface area contributed by atoms with Crippen LogP contribution in [-0.4, -0.2) is 28.0 Å². The first kappa shape index (κ1) is 13.2. The molecule has 1 fully saturated rings. The van der Waals surface area contributed by atoms with Gasteiger partial charge in [0.2, 0.25) is 0 Å². The van der Waals surface area contributed by atoms with Crippen LogP contribution in [-0.2, 0) is 0 Å². The van der Waals surface area contributed by atoms with Crippen LogP contribution < -0.4 is 4.90 Å². The monoisotopic (exact) mass is 290 g/mol. The van der Waals surface area contributed by atoms with Crippen LogP contribution in [0, 0.1) is 0 Å². The zero-order valence-electron chi connectivity index (χ0n) is 12.4. The Morgan fingerprint density at radius 2 is 1.86 bits per heavy atom. The van der Waals surface area contributed by atoms with Gasteiger partial charge in [-0.25, -0.2) is 15.0 Å². The van der Waals surface area contributed by atoms with E-state index in [1.54, 1.807) is 6.33 Å². The predicted octanol–water partition coefficient (Wildman–Crippen LogP) is 3.68. The van der Waals surface area contributed by atoms with E-state index in [1.807, 2.05) is 18.5 Å². The van der Waals surface area contributed by atoms with Crippen LogP contribution in [0.5, 0.6) is 0 Å². The standard InChI is InChI=1S/C18H18N4/c1-2-9-22(10-3-1)18-16(5-4-8-20-18)14-6-7-17-15(11-14)12-19-13-21-17/h4-8,11-13H,1-3,9-10H2. The lowest BCUT2D eigenvalue weighted by molar-refractivity contribution is 0.574. The molecular weight excluding hydrogens is 272 g/mol. The minimum absolute atomic E-state index is 0.974. The number of rotatable bonds is 2. The highest BCUT2D eigenvalue weighted by atomic mass is 15.2. The zero-order chi connectivity index (χ0) is 14.8. The summed E-state index contributed by atoms with van der Waals surface area (Å²) in [5, 5.41) is 1.06. The van der Waals surface area contributed by atoms with Gasteiger partial charge in [0.1, 0.15) is 12.1 Å². The lowest BCUT2D eigenvalue weighted by Gasteiger charge is -2.29. The van der Waals surface area contributed by atoms with Crippen LogP contribution in [0.4, 0.5) is 5.82 Å². The molecule has 4 heteroatoms. The van der Waals surface area contributed by atoms with Gasteiger partial charge in [-0.2, -0.15) is 0 Å². The Balaban J connectivity index is 1.80. The molecule has 0 aliphatic carbocycles. The molecule has 110 valence electrons. The first-order chi connectivity index (χ1) is 10.9. The molecule has 0 radical (unpaired) electrons. The van der Waals surface area contributed by atoms with E-state index in [9.17, 15) is 0 Å². The molecule has 4 nitrogen and oxygen atoms in total. The number of nitrogens with zero attached hydrogens (tertiary/aromatic N) is 4. The summed E-state index contributed by atoms with van der Waals surface area (Å²) < 4.78 is 0. The summed E-state index contributed by atoms with van der Waals surface area (Å²) in [4.78, 5) is 15.5. The zero-order valence-corrected chi connectivity index (χ0v) is 12.4. The van der Waals surface area contributed by atoms with E-state index in [1.165, 1.54) is 30.4 Å². The highest BCUT2D eigenvalue weighted by Gasteiger charge is 2.16. The number of benzene rings is 1. The van der Waals surface area contributed by atoms with Gasteiger partial charge in [-0.15, -0.1) is 0 Å². The molecule has 22 heavy (non-hydrogen) atoms. The second-order valence-corrected chi connectivity index (χ2v) is 5.72. The Kier molecular flexibility index (Phi) is 3.43. The van der Waals surface area contributed by atoms with Gasteiger partial charge in [0.25, 0.3) is 0 Å². The minimum Gasteiger partial charge on any atom is -0.356 e. The van der Waals surface area contributed by atoms with Gasteiger partial charge in [-0.05, 0) is 49.1 Å². The molecule has 0 saturated carbocycles. The van der Waals surface area contributed by atoms with E-state index in [-0.39, 0.29) is 0 Å². The Bertz CT molecular complexity index is 794. The summed E-state index contributed by atoms with van der Waals surface area (Å²) in [6.45, 7) is 2.20. The van der Waals surface area contributed by atoms with Crippen LogP contribution in [0.2, 0.25) is 0 Å². The summed E-state index contributed by atoms with van der Waals surface area (Å²) in [5.74, 6) is 1.10. The van der Waals surface area contributed by atoms with Crippen molar-refractivity contribution in [1.29, 1.82) is 0 Å². The van der Waals surface area contributed by atoms with Gasteiger partial charge in [-0.1, -0.05) is 6.07 Å². The summed E-state index contributed by atoms with van der Waals surface area (Å²) in [5.41, 5.74) is 3.34. The van der Waals surface area contributed by atoms with E-state index in [0.717, 1.165) is 29.8 Å². The molecule has 1 aromatic carbocycles. The molecule has 0 N–H and O–H groups in total. The third-order valence-corrected chi connectivity index (χ3v) is 4.26. The fourth-order valence-corrected chi connectivity index (χ4v) is 3.13. The highest BCUT2D eigenvalue weighted by molar-refractivity contribution is 5.86. The minimum atomic E-state index is 0.974. The van der Waals surface area contributed by atoms with Crippen molar-refractivity contribution in [2.75, 3.05) is 18.0 Å². The molecule has 2 aromatic heterocycles. The summed E-state index contributed by atoms with van der Waals surface area (Å²) >= 11 is 0. The second kappa shape index (κ2) is 5.72. The van der Waals surface area contributed by atoms with Crippen molar-refractivity contribution in [2.45, 2.75) is 19.3 Å². The molecule has 0 amide bonds. The number of hydrogen-bond acceptors (Lipinski definition) is 4. The van der Waals surface area contributed by atoms with Gasteiger partial charge < -0.3 is 4.90 Å². The number of aromatic nitrogens is 3. The first-order valence-corrected chi connectivity index (χ1v) is 7.82. The number of anilines is 1. The average Bonchev–Trinajstić information content (AvgIpc) is 2.62. The maximum Gasteiger partial charge on any atom is 0.136 e. The number of pyridine rings is 1. The molecule has 3 aromatic rings. The molecular formula is C18H18N4. The topological polar surface area (TPSA) is 41.9 Å². The Morgan fingerprint density at radius 1 is 0.955 bits per heavy atom. The lowest BCUT2D eigenvalue weighted by atomic mass is 10.0. The number of fused-ring (bicyclic) bond motifs is 1. The smallest absolute Gasteiger partial charge is 0.136 e. The maximum absolute atomic E-state index is 4.65. The van der Waals surface area contributed by atoms with Crippen LogP contribution in [0.15, 0.2) is 49.1 Å². The average molecular weight is 290 g/mol. The van der Waals surface area contributed by atoms with E-state index in [2.05, 4.69) is 44.1 Å².